The van der Waals surface area contributed by atoms with Gasteiger partial charge in [-0.15, -0.1) is 0 Å². The molecule has 0 saturated carbocycles. The van der Waals surface area contributed by atoms with Crippen molar-refractivity contribution in [1.82, 2.24) is 9.78 Å². The van der Waals surface area contributed by atoms with Crippen molar-refractivity contribution in [1.29, 1.82) is 0 Å². The van der Waals surface area contributed by atoms with Gasteiger partial charge < -0.3 is 15.4 Å². The van der Waals surface area contributed by atoms with Gasteiger partial charge in [0.1, 0.15) is 23.2 Å². The number of hydrogen-bond acceptors (Lipinski definition) is 5. The van der Waals surface area contributed by atoms with Gasteiger partial charge in [-0.3, -0.25) is 9.59 Å². The minimum absolute atomic E-state index is 0.104. The molecule has 0 saturated heterocycles. The molecule has 34 heavy (non-hydrogen) atoms. The Balaban J connectivity index is 1.58. The molecule has 2 N–H and O–H groups in total. The smallest absolute Gasteiger partial charge is 0.261 e. The van der Waals surface area contributed by atoms with Gasteiger partial charge in [0.2, 0.25) is 0 Å². The Morgan fingerprint density at radius 1 is 1.18 bits per heavy atom. The number of ether oxygens (including phenoxy) is 1. The Bertz CT molecular complexity index is 1320. The summed E-state index contributed by atoms with van der Waals surface area (Å²) in [5.74, 6) is 1.16. The van der Waals surface area contributed by atoms with Gasteiger partial charge >= 0.3 is 0 Å². The number of benzene rings is 2. The zero-order valence-electron chi connectivity index (χ0n) is 19.6. The molecule has 1 atom stereocenters. The van der Waals surface area contributed by atoms with Crippen molar-refractivity contribution < 1.29 is 14.3 Å². The van der Waals surface area contributed by atoms with Gasteiger partial charge in [-0.2, -0.15) is 5.10 Å². The van der Waals surface area contributed by atoms with E-state index in [-0.39, 0.29) is 11.7 Å². The van der Waals surface area contributed by atoms with Crippen molar-refractivity contribution in [3.05, 3.63) is 82.2 Å². The molecule has 0 spiro atoms. The average molecular weight is 457 g/mol. The van der Waals surface area contributed by atoms with Crippen molar-refractivity contribution in [2.75, 3.05) is 17.2 Å². The second-order valence-electron chi connectivity index (χ2n) is 8.77. The summed E-state index contributed by atoms with van der Waals surface area (Å²) in [5.41, 5.74) is 5.86. The quantitative estimate of drug-likeness (QED) is 0.553. The molecule has 1 aliphatic carbocycles. The number of para-hydroxylation sites is 1. The summed E-state index contributed by atoms with van der Waals surface area (Å²) >= 11 is 0. The second kappa shape index (κ2) is 8.82. The molecule has 0 unspecified atom stereocenters. The number of aryl methyl sites for hydroxylation is 2. The van der Waals surface area contributed by atoms with Crippen LogP contribution in [0, 0.1) is 13.8 Å². The molecule has 1 aliphatic heterocycles. The Morgan fingerprint density at radius 3 is 2.79 bits per heavy atom. The highest BCUT2D eigenvalue weighted by Crippen LogP contribution is 2.44. The predicted molar refractivity (Wildman–Crippen MR) is 131 cm³/mol. The van der Waals surface area contributed by atoms with Gasteiger partial charge in [-0.05, 0) is 62.9 Å². The lowest BCUT2D eigenvalue weighted by Gasteiger charge is -2.34. The molecule has 7 nitrogen and oxygen atoms in total. The van der Waals surface area contributed by atoms with Crippen LogP contribution in [-0.2, 0) is 4.79 Å². The zero-order chi connectivity index (χ0) is 23.8. The third kappa shape index (κ3) is 3.77. The van der Waals surface area contributed by atoms with Crippen molar-refractivity contribution in [2.24, 2.45) is 0 Å². The number of nitrogens with one attached hydrogen (secondary N) is 2. The van der Waals surface area contributed by atoms with Crippen LogP contribution in [-0.4, -0.2) is 28.1 Å². The highest BCUT2D eigenvalue weighted by molar-refractivity contribution is 6.08. The number of carbonyl (C=O) groups is 2. The number of hydrogen-bond donors (Lipinski definition) is 2. The summed E-state index contributed by atoms with van der Waals surface area (Å²) in [6, 6.07) is 13.1. The van der Waals surface area contributed by atoms with Crippen LogP contribution in [0.4, 0.5) is 11.5 Å². The van der Waals surface area contributed by atoms with E-state index in [4.69, 9.17) is 4.74 Å². The number of nitrogens with zero attached hydrogens (tertiary/aromatic N) is 2. The first-order chi connectivity index (χ1) is 16.5. The number of amides is 1. The zero-order valence-corrected chi connectivity index (χ0v) is 19.6. The lowest BCUT2D eigenvalue weighted by atomic mass is 9.85. The van der Waals surface area contributed by atoms with Gasteiger partial charge in [0.05, 0.1) is 12.8 Å². The van der Waals surface area contributed by atoms with E-state index < -0.39 is 6.04 Å². The molecule has 1 aromatic heterocycles. The van der Waals surface area contributed by atoms with E-state index in [0.29, 0.717) is 35.7 Å². The first-order valence-electron chi connectivity index (χ1n) is 11.7. The monoisotopic (exact) mass is 456 g/mol. The molecule has 2 aromatic carbocycles. The maximum Gasteiger partial charge on any atom is 0.261 e. The highest BCUT2D eigenvalue weighted by Gasteiger charge is 2.38. The van der Waals surface area contributed by atoms with Crippen LogP contribution in [0.3, 0.4) is 0 Å². The number of anilines is 2. The van der Waals surface area contributed by atoms with Crippen molar-refractivity contribution in [2.45, 2.75) is 46.1 Å². The summed E-state index contributed by atoms with van der Waals surface area (Å²) in [6.07, 6.45) is 3.60. The summed E-state index contributed by atoms with van der Waals surface area (Å²) in [4.78, 5) is 26.3. The summed E-state index contributed by atoms with van der Waals surface area (Å²) < 4.78 is 7.64. The number of Topliss-reactive ketones (excluding diaryl/α,β-unsaturated/α-hetero) is 1. The van der Waals surface area contributed by atoms with Crippen molar-refractivity contribution >= 4 is 23.2 Å². The largest absolute Gasteiger partial charge is 0.494 e. The second-order valence-corrected chi connectivity index (χ2v) is 8.77. The van der Waals surface area contributed by atoms with E-state index in [1.54, 1.807) is 10.9 Å². The fraction of sp³-hybridized carbons (Fsp3) is 0.296. The van der Waals surface area contributed by atoms with Gasteiger partial charge in [-0.1, -0.05) is 24.3 Å². The molecule has 1 amide bonds. The van der Waals surface area contributed by atoms with Crippen molar-refractivity contribution in [3.63, 3.8) is 0 Å². The number of aromatic nitrogens is 2. The van der Waals surface area contributed by atoms with Gasteiger partial charge in [0.15, 0.2) is 5.78 Å². The van der Waals surface area contributed by atoms with Gasteiger partial charge in [0.25, 0.3) is 5.91 Å². The molecule has 0 bridgehead atoms. The Hall–Kier alpha value is -3.87. The standard InChI is InChI=1S/C27H28N4O3/c1-4-34-23-11-6-5-8-19(23)25-24-21(9-7-10-22(24)32)30-26-20(15-28-31(25)26)27(33)29-18-13-12-16(2)17(3)14-18/h5-6,8,11-15,25,30H,4,7,9-10H2,1-3H3,(H,29,33)/t25-/m0/s1. The fourth-order valence-corrected chi connectivity index (χ4v) is 4.72. The molecule has 0 radical (unpaired) electrons. The average Bonchev–Trinajstić information content (AvgIpc) is 3.25. The minimum atomic E-state index is -0.454. The molecule has 7 heteroatoms. The van der Waals surface area contributed by atoms with Crippen LogP contribution in [0.2, 0.25) is 0 Å². The number of allylic oxidation sites excluding steroid dienone is 2. The number of rotatable bonds is 5. The number of carbonyl (C=O) groups excluding carboxylic acids is 2. The minimum Gasteiger partial charge on any atom is -0.494 e. The SMILES string of the molecule is CCOc1ccccc1[C@H]1C2=C(CCCC2=O)Nc2c(C(=O)Nc3ccc(C)c(C)c3)cnn21. The topological polar surface area (TPSA) is 85.2 Å². The van der Waals surface area contributed by atoms with Crippen LogP contribution in [0.1, 0.15) is 59.3 Å². The van der Waals surface area contributed by atoms with Gasteiger partial charge in [-0.25, -0.2) is 4.68 Å². The summed E-state index contributed by atoms with van der Waals surface area (Å²) in [7, 11) is 0. The third-order valence-corrected chi connectivity index (χ3v) is 6.56. The molecular weight excluding hydrogens is 428 g/mol. The lowest BCUT2D eigenvalue weighted by molar-refractivity contribution is -0.116. The molecule has 5 rings (SSSR count). The van der Waals surface area contributed by atoms with Crippen LogP contribution >= 0.6 is 0 Å². The lowest BCUT2D eigenvalue weighted by Crippen LogP contribution is -2.32. The fourth-order valence-electron chi connectivity index (χ4n) is 4.72. The Labute approximate surface area is 198 Å². The van der Waals surface area contributed by atoms with Crippen LogP contribution in [0.25, 0.3) is 0 Å². The Morgan fingerprint density at radius 2 is 2.00 bits per heavy atom. The molecule has 2 aliphatic rings. The van der Waals surface area contributed by atoms with Crippen molar-refractivity contribution in [3.8, 4) is 5.75 Å². The van der Waals surface area contributed by atoms with E-state index in [1.165, 1.54) is 5.56 Å². The Kier molecular flexibility index (Phi) is 5.69. The maximum atomic E-state index is 13.3. The highest BCUT2D eigenvalue weighted by atomic mass is 16.5. The third-order valence-electron chi connectivity index (χ3n) is 6.56. The van der Waals surface area contributed by atoms with Crippen LogP contribution in [0.5, 0.6) is 5.75 Å². The maximum absolute atomic E-state index is 13.3. The predicted octanol–water partition coefficient (Wildman–Crippen LogP) is 5.17. The van der Waals surface area contributed by atoms with E-state index in [2.05, 4.69) is 15.7 Å². The molecule has 174 valence electrons. The number of ketones is 1. The summed E-state index contributed by atoms with van der Waals surface area (Å²) in [6.45, 7) is 6.50. The van der Waals surface area contributed by atoms with E-state index in [0.717, 1.165) is 35.4 Å². The molecular formula is C27H28N4O3. The number of fused-ring (bicyclic) bond motifs is 1. The molecule has 0 fully saturated rings. The normalized spacial score (nSPS) is 17.0. The molecule has 2 heterocycles. The first-order valence-corrected chi connectivity index (χ1v) is 11.7. The van der Waals surface area contributed by atoms with E-state index >= 15 is 0 Å². The van der Waals surface area contributed by atoms with E-state index in [9.17, 15) is 9.59 Å². The van der Waals surface area contributed by atoms with Crippen LogP contribution in [0.15, 0.2) is 59.9 Å². The van der Waals surface area contributed by atoms with Crippen LogP contribution < -0.4 is 15.4 Å². The van der Waals surface area contributed by atoms with E-state index in [1.807, 2.05) is 63.2 Å². The first kappa shape index (κ1) is 21.9. The van der Waals surface area contributed by atoms with Gasteiger partial charge in [0, 0.05) is 28.9 Å². The molecule has 3 aromatic rings. The summed E-state index contributed by atoms with van der Waals surface area (Å²) in [5, 5.41) is 11.0.